The molecule has 29 heavy (non-hydrogen) atoms. The Balaban J connectivity index is 2.12. The maximum atomic E-state index is 12.3. The second-order valence-corrected chi connectivity index (χ2v) is 7.00. The molecule has 0 N–H and O–H groups in total. The summed E-state index contributed by atoms with van der Waals surface area (Å²) < 4.78 is 16.4. The first-order valence-corrected chi connectivity index (χ1v) is 9.54. The van der Waals surface area contributed by atoms with Gasteiger partial charge in [0.1, 0.15) is 13.2 Å². The highest BCUT2D eigenvalue weighted by Gasteiger charge is 2.37. The lowest BCUT2D eigenvalue weighted by atomic mass is 10.0. The molecule has 0 heterocycles. The fourth-order valence-electron chi connectivity index (χ4n) is 2.42. The van der Waals surface area contributed by atoms with Crippen LogP contribution in [-0.2, 0) is 19.0 Å². The van der Waals surface area contributed by atoms with E-state index >= 15 is 0 Å². The summed E-state index contributed by atoms with van der Waals surface area (Å²) >= 11 is 0. The second kappa shape index (κ2) is 10.4. The Morgan fingerprint density at radius 3 is 1.55 bits per heavy atom. The lowest BCUT2D eigenvalue weighted by Gasteiger charge is -2.32. The standard InChI is InChI=1S/C23H26O6/c1-4-23(29-20(24)17(2)3,15-27-21(25)18-11-7-5-8-12-18)16-28-22(26)19-13-9-6-10-14-19/h5-14,17H,4,15-16H2,1-3H3. The molecule has 0 saturated carbocycles. The quantitative estimate of drug-likeness (QED) is 0.468. The van der Waals surface area contributed by atoms with Gasteiger partial charge in [-0.2, -0.15) is 0 Å². The summed E-state index contributed by atoms with van der Waals surface area (Å²) in [5.74, 6) is -1.93. The lowest BCUT2D eigenvalue weighted by Crippen LogP contribution is -2.46. The van der Waals surface area contributed by atoms with Crippen molar-refractivity contribution in [3.05, 3.63) is 71.8 Å². The molecule has 0 aliphatic rings. The van der Waals surface area contributed by atoms with Crippen LogP contribution in [0.1, 0.15) is 47.9 Å². The number of esters is 3. The van der Waals surface area contributed by atoms with Gasteiger partial charge in [0.25, 0.3) is 0 Å². The van der Waals surface area contributed by atoms with E-state index in [4.69, 9.17) is 14.2 Å². The van der Waals surface area contributed by atoms with Crippen molar-refractivity contribution in [3.8, 4) is 0 Å². The number of carbonyl (C=O) groups is 3. The van der Waals surface area contributed by atoms with E-state index in [1.54, 1.807) is 81.4 Å². The first-order chi connectivity index (χ1) is 13.9. The van der Waals surface area contributed by atoms with E-state index < -0.39 is 23.5 Å². The molecule has 154 valence electrons. The Labute approximate surface area is 170 Å². The zero-order valence-electron chi connectivity index (χ0n) is 16.9. The van der Waals surface area contributed by atoms with Gasteiger partial charge in [0.05, 0.1) is 17.0 Å². The predicted octanol–water partition coefficient (Wildman–Crippen LogP) is 4.05. The number of rotatable bonds is 9. The van der Waals surface area contributed by atoms with Crippen LogP contribution in [0.25, 0.3) is 0 Å². The number of ether oxygens (including phenoxy) is 3. The summed E-state index contributed by atoms with van der Waals surface area (Å²) in [5.41, 5.74) is -0.501. The first kappa shape index (κ1) is 22.1. The third-order valence-corrected chi connectivity index (χ3v) is 4.38. The molecule has 0 unspecified atom stereocenters. The second-order valence-electron chi connectivity index (χ2n) is 7.00. The highest BCUT2D eigenvalue weighted by Crippen LogP contribution is 2.21. The Bertz CT molecular complexity index is 758. The zero-order valence-corrected chi connectivity index (χ0v) is 16.9. The maximum Gasteiger partial charge on any atom is 0.338 e. The normalized spacial score (nSPS) is 11.0. The Kier molecular flexibility index (Phi) is 7.95. The number of hydrogen-bond donors (Lipinski definition) is 0. The monoisotopic (exact) mass is 398 g/mol. The molecule has 0 spiro atoms. The minimum absolute atomic E-state index is 0.224. The largest absolute Gasteiger partial charge is 0.458 e. The van der Waals surface area contributed by atoms with Crippen LogP contribution in [0.4, 0.5) is 0 Å². The average molecular weight is 398 g/mol. The summed E-state index contributed by atoms with van der Waals surface area (Å²) in [6.07, 6.45) is 0.301. The van der Waals surface area contributed by atoms with Gasteiger partial charge in [-0.25, -0.2) is 9.59 Å². The summed E-state index contributed by atoms with van der Waals surface area (Å²) in [6, 6.07) is 17.0. The van der Waals surface area contributed by atoms with E-state index in [1.807, 2.05) is 0 Å². The molecular weight excluding hydrogens is 372 g/mol. The van der Waals surface area contributed by atoms with E-state index in [0.717, 1.165) is 0 Å². The average Bonchev–Trinajstić information content (AvgIpc) is 2.76. The fourth-order valence-corrected chi connectivity index (χ4v) is 2.42. The van der Waals surface area contributed by atoms with Crippen molar-refractivity contribution in [1.82, 2.24) is 0 Å². The van der Waals surface area contributed by atoms with Crippen LogP contribution in [0, 0.1) is 5.92 Å². The van der Waals surface area contributed by atoms with Crippen molar-refractivity contribution in [1.29, 1.82) is 0 Å². The van der Waals surface area contributed by atoms with Crippen LogP contribution in [0.3, 0.4) is 0 Å². The lowest BCUT2D eigenvalue weighted by molar-refractivity contribution is -0.175. The maximum absolute atomic E-state index is 12.3. The van der Waals surface area contributed by atoms with Gasteiger partial charge in [-0.15, -0.1) is 0 Å². The van der Waals surface area contributed by atoms with E-state index in [1.165, 1.54) is 0 Å². The Morgan fingerprint density at radius 1 is 0.793 bits per heavy atom. The van der Waals surface area contributed by atoms with Gasteiger partial charge < -0.3 is 14.2 Å². The van der Waals surface area contributed by atoms with Crippen LogP contribution >= 0.6 is 0 Å². The number of hydrogen-bond acceptors (Lipinski definition) is 6. The molecule has 0 amide bonds. The van der Waals surface area contributed by atoms with Crippen molar-refractivity contribution in [2.45, 2.75) is 32.8 Å². The van der Waals surface area contributed by atoms with Crippen LogP contribution in [-0.4, -0.2) is 36.7 Å². The third-order valence-electron chi connectivity index (χ3n) is 4.38. The molecule has 0 aliphatic carbocycles. The van der Waals surface area contributed by atoms with Gasteiger partial charge in [0.2, 0.25) is 0 Å². The fraction of sp³-hybridized carbons (Fsp3) is 0.348. The predicted molar refractivity (Wildman–Crippen MR) is 107 cm³/mol. The first-order valence-electron chi connectivity index (χ1n) is 9.54. The van der Waals surface area contributed by atoms with E-state index in [0.29, 0.717) is 17.5 Å². The molecule has 0 atom stereocenters. The minimum Gasteiger partial charge on any atom is -0.458 e. The van der Waals surface area contributed by atoms with Crippen molar-refractivity contribution in [2.24, 2.45) is 5.92 Å². The highest BCUT2D eigenvalue weighted by atomic mass is 16.6. The molecule has 6 heteroatoms. The van der Waals surface area contributed by atoms with Gasteiger partial charge in [-0.3, -0.25) is 4.79 Å². The van der Waals surface area contributed by atoms with Crippen LogP contribution in [0.2, 0.25) is 0 Å². The topological polar surface area (TPSA) is 78.9 Å². The van der Waals surface area contributed by atoms with Crippen LogP contribution in [0.5, 0.6) is 0 Å². The zero-order chi connectivity index (χ0) is 21.3. The van der Waals surface area contributed by atoms with Gasteiger partial charge in [-0.05, 0) is 30.7 Å². The highest BCUT2D eigenvalue weighted by molar-refractivity contribution is 5.90. The Hall–Kier alpha value is -3.15. The summed E-state index contributed by atoms with van der Waals surface area (Å²) in [6.45, 7) is 4.74. The summed E-state index contributed by atoms with van der Waals surface area (Å²) in [5, 5.41) is 0. The minimum atomic E-state index is -1.27. The number of benzene rings is 2. The van der Waals surface area contributed by atoms with Crippen molar-refractivity contribution < 1.29 is 28.6 Å². The summed E-state index contributed by atoms with van der Waals surface area (Å²) in [4.78, 5) is 36.9. The van der Waals surface area contributed by atoms with Gasteiger partial charge >= 0.3 is 17.9 Å². The molecule has 0 bridgehead atoms. The van der Waals surface area contributed by atoms with E-state index in [-0.39, 0.29) is 19.1 Å². The number of carbonyl (C=O) groups excluding carboxylic acids is 3. The van der Waals surface area contributed by atoms with Gasteiger partial charge in [-0.1, -0.05) is 57.2 Å². The van der Waals surface area contributed by atoms with E-state index in [2.05, 4.69) is 0 Å². The third kappa shape index (κ3) is 6.45. The van der Waals surface area contributed by atoms with Crippen LogP contribution < -0.4 is 0 Å². The molecule has 2 aromatic rings. The Morgan fingerprint density at radius 2 is 1.21 bits per heavy atom. The molecule has 0 aliphatic heterocycles. The van der Waals surface area contributed by atoms with E-state index in [9.17, 15) is 14.4 Å². The smallest absolute Gasteiger partial charge is 0.338 e. The molecule has 2 rings (SSSR count). The van der Waals surface area contributed by atoms with Crippen molar-refractivity contribution in [2.75, 3.05) is 13.2 Å². The molecule has 6 nitrogen and oxygen atoms in total. The molecule has 0 radical (unpaired) electrons. The van der Waals surface area contributed by atoms with Crippen molar-refractivity contribution in [3.63, 3.8) is 0 Å². The van der Waals surface area contributed by atoms with Gasteiger partial charge in [0, 0.05) is 0 Å². The summed E-state index contributed by atoms with van der Waals surface area (Å²) in [7, 11) is 0. The van der Waals surface area contributed by atoms with Crippen LogP contribution in [0.15, 0.2) is 60.7 Å². The van der Waals surface area contributed by atoms with Crippen molar-refractivity contribution >= 4 is 17.9 Å². The molecule has 2 aromatic carbocycles. The molecule has 0 fully saturated rings. The molecule has 0 aromatic heterocycles. The molecule has 0 saturated heterocycles. The SMILES string of the molecule is CCC(COC(=O)c1ccccc1)(COC(=O)c1ccccc1)OC(=O)C(C)C. The van der Waals surface area contributed by atoms with Gasteiger partial charge in [0.15, 0.2) is 5.60 Å². The molecular formula is C23H26O6.